The molecule has 1 heterocycles. The molecule has 0 bridgehead atoms. The standard InChI is InChI=1S/C25H19ClN2/c26-21-14-12-18(13-15-21)17-28-24-11-4-3-10-23(24)27-25(28)16-20-8-5-7-19-6-1-2-9-22(19)20/h1-15H,16-17H2. The molecule has 2 nitrogen and oxygen atoms in total. The quantitative estimate of drug-likeness (QED) is 0.347. The largest absolute Gasteiger partial charge is 0.323 e. The van der Waals surface area contributed by atoms with Gasteiger partial charge in [-0.05, 0) is 46.2 Å². The third-order valence-electron chi connectivity index (χ3n) is 5.22. The average molecular weight is 383 g/mol. The van der Waals surface area contributed by atoms with Crippen LogP contribution in [0.4, 0.5) is 0 Å². The number of hydrogen-bond acceptors (Lipinski definition) is 1. The summed E-state index contributed by atoms with van der Waals surface area (Å²) in [6.07, 6.45) is 0.795. The first-order chi connectivity index (χ1) is 13.8. The van der Waals surface area contributed by atoms with Crippen LogP contribution < -0.4 is 0 Å². The fourth-order valence-electron chi connectivity index (χ4n) is 3.83. The molecular formula is C25H19ClN2. The van der Waals surface area contributed by atoms with Gasteiger partial charge in [-0.15, -0.1) is 0 Å². The van der Waals surface area contributed by atoms with Crippen LogP contribution >= 0.6 is 11.6 Å². The lowest BCUT2D eigenvalue weighted by molar-refractivity contribution is 0.763. The molecule has 0 aliphatic carbocycles. The Morgan fingerprint density at radius 2 is 1.50 bits per heavy atom. The summed E-state index contributed by atoms with van der Waals surface area (Å²) in [4.78, 5) is 4.97. The lowest BCUT2D eigenvalue weighted by atomic mass is 10.0. The molecule has 0 saturated heterocycles. The summed E-state index contributed by atoms with van der Waals surface area (Å²) in [7, 11) is 0. The Hall–Kier alpha value is -3.10. The number of fused-ring (bicyclic) bond motifs is 2. The number of nitrogens with zero attached hydrogens (tertiary/aromatic N) is 2. The number of hydrogen-bond donors (Lipinski definition) is 0. The van der Waals surface area contributed by atoms with Crippen molar-refractivity contribution >= 4 is 33.4 Å². The second kappa shape index (κ2) is 7.14. The van der Waals surface area contributed by atoms with Gasteiger partial charge in [0.1, 0.15) is 5.82 Å². The Kier molecular flexibility index (Phi) is 4.34. The highest BCUT2D eigenvalue weighted by molar-refractivity contribution is 6.30. The summed E-state index contributed by atoms with van der Waals surface area (Å²) < 4.78 is 2.32. The van der Waals surface area contributed by atoms with Crippen LogP contribution in [0.5, 0.6) is 0 Å². The molecule has 4 aromatic carbocycles. The molecule has 0 unspecified atom stereocenters. The summed E-state index contributed by atoms with van der Waals surface area (Å²) in [5, 5.41) is 3.31. The Labute approximate surface area is 169 Å². The van der Waals surface area contributed by atoms with Gasteiger partial charge >= 0.3 is 0 Å². The SMILES string of the molecule is Clc1ccc(Cn2c(Cc3cccc4ccccc34)nc3ccccc32)cc1. The molecule has 5 rings (SSSR count). The zero-order chi connectivity index (χ0) is 18.9. The van der Waals surface area contributed by atoms with Gasteiger partial charge in [-0.1, -0.05) is 78.3 Å². The lowest BCUT2D eigenvalue weighted by Gasteiger charge is -2.11. The summed E-state index contributed by atoms with van der Waals surface area (Å²) in [5.41, 5.74) is 4.71. The molecular weight excluding hydrogens is 364 g/mol. The number of halogens is 1. The maximum atomic E-state index is 6.06. The molecule has 0 amide bonds. The fourth-order valence-corrected chi connectivity index (χ4v) is 3.95. The molecule has 0 aliphatic rings. The van der Waals surface area contributed by atoms with Crippen LogP contribution in [0.25, 0.3) is 21.8 Å². The highest BCUT2D eigenvalue weighted by Crippen LogP contribution is 2.24. The van der Waals surface area contributed by atoms with Crippen molar-refractivity contribution in [1.29, 1.82) is 0 Å². The van der Waals surface area contributed by atoms with Gasteiger partial charge in [-0.2, -0.15) is 0 Å². The van der Waals surface area contributed by atoms with Crippen LogP contribution in [-0.2, 0) is 13.0 Å². The van der Waals surface area contributed by atoms with Crippen LogP contribution in [0.2, 0.25) is 5.02 Å². The van der Waals surface area contributed by atoms with Gasteiger partial charge < -0.3 is 4.57 Å². The van der Waals surface area contributed by atoms with Gasteiger partial charge in [0.05, 0.1) is 11.0 Å². The molecule has 0 radical (unpaired) electrons. The van der Waals surface area contributed by atoms with Crippen molar-refractivity contribution < 1.29 is 0 Å². The first kappa shape index (κ1) is 17.0. The summed E-state index contributed by atoms with van der Waals surface area (Å²) in [6, 6.07) is 31.4. The van der Waals surface area contributed by atoms with Crippen molar-refractivity contribution in [1.82, 2.24) is 9.55 Å². The van der Waals surface area contributed by atoms with Gasteiger partial charge in [0, 0.05) is 18.0 Å². The van der Waals surface area contributed by atoms with E-state index in [1.807, 2.05) is 18.2 Å². The van der Waals surface area contributed by atoms with E-state index in [1.165, 1.54) is 21.9 Å². The Morgan fingerprint density at radius 3 is 2.39 bits per heavy atom. The predicted octanol–water partition coefficient (Wildman–Crippen LogP) is 6.48. The molecule has 0 spiro atoms. The average Bonchev–Trinajstić information content (AvgIpc) is 3.07. The molecule has 28 heavy (non-hydrogen) atoms. The minimum Gasteiger partial charge on any atom is -0.323 e. The molecule has 0 saturated carbocycles. The molecule has 0 N–H and O–H groups in total. The summed E-state index contributed by atoms with van der Waals surface area (Å²) in [6.45, 7) is 0.776. The van der Waals surface area contributed by atoms with Crippen LogP contribution in [0, 0.1) is 0 Å². The third kappa shape index (κ3) is 3.17. The number of para-hydroxylation sites is 2. The van der Waals surface area contributed by atoms with Gasteiger partial charge in [0.25, 0.3) is 0 Å². The monoisotopic (exact) mass is 382 g/mol. The smallest absolute Gasteiger partial charge is 0.114 e. The fraction of sp³-hybridized carbons (Fsp3) is 0.0800. The summed E-state index contributed by atoms with van der Waals surface area (Å²) >= 11 is 6.06. The van der Waals surface area contributed by atoms with E-state index in [9.17, 15) is 0 Å². The van der Waals surface area contributed by atoms with Gasteiger partial charge in [-0.3, -0.25) is 0 Å². The second-order valence-electron chi connectivity index (χ2n) is 7.04. The minimum absolute atomic E-state index is 0.759. The van der Waals surface area contributed by atoms with Crippen molar-refractivity contribution in [2.45, 2.75) is 13.0 Å². The van der Waals surface area contributed by atoms with Crippen molar-refractivity contribution in [3.63, 3.8) is 0 Å². The molecule has 1 aromatic heterocycles. The van der Waals surface area contributed by atoms with E-state index in [0.29, 0.717) is 0 Å². The van der Waals surface area contributed by atoms with E-state index >= 15 is 0 Å². The summed E-state index contributed by atoms with van der Waals surface area (Å²) in [5.74, 6) is 1.08. The van der Waals surface area contributed by atoms with E-state index in [1.54, 1.807) is 0 Å². The molecule has 0 atom stereocenters. The van der Waals surface area contributed by atoms with Gasteiger partial charge in [-0.25, -0.2) is 4.98 Å². The van der Waals surface area contributed by atoms with E-state index in [4.69, 9.17) is 16.6 Å². The second-order valence-corrected chi connectivity index (χ2v) is 7.48. The van der Waals surface area contributed by atoms with E-state index in [2.05, 4.69) is 77.4 Å². The van der Waals surface area contributed by atoms with E-state index in [-0.39, 0.29) is 0 Å². The third-order valence-corrected chi connectivity index (χ3v) is 5.47. The number of benzene rings is 4. The number of rotatable bonds is 4. The molecule has 5 aromatic rings. The Bertz CT molecular complexity index is 1260. The highest BCUT2D eigenvalue weighted by atomic mass is 35.5. The molecule has 3 heteroatoms. The van der Waals surface area contributed by atoms with Crippen LogP contribution in [0.3, 0.4) is 0 Å². The lowest BCUT2D eigenvalue weighted by Crippen LogP contribution is -2.06. The maximum absolute atomic E-state index is 6.06. The van der Waals surface area contributed by atoms with Crippen molar-refractivity contribution in [3.05, 3.63) is 113 Å². The van der Waals surface area contributed by atoms with Crippen molar-refractivity contribution in [2.24, 2.45) is 0 Å². The topological polar surface area (TPSA) is 17.8 Å². The van der Waals surface area contributed by atoms with Gasteiger partial charge in [0.15, 0.2) is 0 Å². The Balaban J connectivity index is 1.61. The Morgan fingerprint density at radius 1 is 0.750 bits per heavy atom. The number of aromatic nitrogens is 2. The van der Waals surface area contributed by atoms with E-state index in [0.717, 1.165) is 34.8 Å². The first-order valence-corrected chi connectivity index (χ1v) is 9.81. The van der Waals surface area contributed by atoms with Gasteiger partial charge in [0.2, 0.25) is 0 Å². The van der Waals surface area contributed by atoms with Crippen molar-refractivity contribution in [3.8, 4) is 0 Å². The van der Waals surface area contributed by atoms with Crippen LogP contribution in [0.1, 0.15) is 17.0 Å². The van der Waals surface area contributed by atoms with E-state index < -0.39 is 0 Å². The van der Waals surface area contributed by atoms with Crippen LogP contribution in [-0.4, -0.2) is 9.55 Å². The molecule has 0 aliphatic heterocycles. The highest BCUT2D eigenvalue weighted by Gasteiger charge is 2.13. The minimum atomic E-state index is 0.759. The van der Waals surface area contributed by atoms with Crippen LogP contribution in [0.15, 0.2) is 91.0 Å². The first-order valence-electron chi connectivity index (χ1n) is 9.43. The molecule has 136 valence electrons. The normalized spacial score (nSPS) is 11.3. The predicted molar refractivity (Wildman–Crippen MR) is 117 cm³/mol. The van der Waals surface area contributed by atoms with Crippen molar-refractivity contribution in [2.75, 3.05) is 0 Å². The molecule has 0 fully saturated rings. The maximum Gasteiger partial charge on any atom is 0.114 e. The number of imidazole rings is 1. The zero-order valence-corrected chi connectivity index (χ0v) is 16.1. The zero-order valence-electron chi connectivity index (χ0n) is 15.3.